The van der Waals surface area contributed by atoms with Crippen LogP contribution in [0.1, 0.15) is 18.4 Å². The van der Waals surface area contributed by atoms with Gasteiger partial charge in [-0.05, 0) is 25.3 Å². The zero-order valence-corrected chi connectivity index (χ0v) is 16.9. The molecule has 1 atom stereocenters. The summed E-state index contributed by atoms with van der Waals surface area (Å²) in [5.74, 6) is 0.825. The van der Waals surface area contributed by atoms with Gasteiger partial charge in [0, 0.05) is 29.8 Å². The summed E-state index contributed by atoms with van der Waals surface area (Å²) in [6.07, 6.45) is 4.20. The van der Waals surface area contributed by atoms with Gasteiger partial charge in [0.2, 0.25) is 0 Å². The molecule has 0 aliphatic carbocycles. The molecule has 140 valence electrons. The predicted molar refractivity (Wildman–Crippen MR) is 114 cm³/mol. The van der Waals surface area contributed by atoms with E-state index in [2.05, 4.69) is 37.8 Å². The smallest absolute Gasteiger partial charge is 0.263 e. The SMILES string of the molecule is C=CCn1c(SCC2CCCO2)nc2scc(-c3ccc(C)cc3)c2c1=O. The fourth-order valence-corrected chi connectivity index (χ4v) is 5.36. The van der Waals surface area contributed by atoms with Crippen LogP contribution in [-0.2, 0) is 11.3 Å². The van der Waals surface area contributed by atoms with Crippen LogP contribution < -0.4 is 5.56 Å². The third kappa shape index (κ3) is 3.74. The summed E-state index contributed by atoms with van der Waals surface area (Å²) >= 11 is 3.14. The third-order valence-corrected chi connectivity index (χ3v) is 6.74. The number of aromatic nitrogens is 2. The zero-order valence-electron chi connectivity index (χ0n) is 15.3. The summed E-state index contributed by atoms with van der Waals surface area (Å²) in [5.41, 5.74) is 3.22. The van der Waals surface area contributed by atoms with E-state index >= 15 is 0 Å². The van der Waals surface area contributed by atoms with Crippen LogP contribution in [0.3, 0.4) is 0 Å². The highest BCUT2D eigenvalue weighted by molar-refractivity contribution is 7.99. The second-order valence-corrected chi connectivity index (χ2v) is 8.59. The molecule has 4 nitrogen and oxygen atoms in total. The molecule has 1 aromatic carbocycles. The van der Waals surface area contributed by atoms with Crippen LogP contribution in [0.4, 0.5) is 0 Å². The van der Waals surface area contributed by atoms with Crippen LogP contribution in [-0.4, -0.2) is 28.0 Å². The molecule has 3 aromatic rings. The summed E-state index contributed by atoms with van der Waals surface area (Å²) in [5, 5.41) is 3.49. The monoisotopic (exact) mass is 398 g/mol. The molecule has 1 unspecified atom stereocenters. The van der Waals surface area contributed by atoms with Gasteiger partial charge < -0.3 is 4.74 Å². The second-order valence-electron chi connectivity index (χ2n) is 6.74. The number of benzene rings is 1. The molecule has 1 saturated heterocycles. The highest BCUT2D eigenvalue weighted by atomic mass is 32.2. The van der Waals surface area contributed by atoms with Gasteiger partial charge in [0.25, 0.3) is 5.56 Å². The van der Waals surface area contributed by atoms with Gasteiger partial charge in [-0.2, -0.15) is 0 Å². The van der Waals surface area contributed by atoms with Crippen LogP contribution in [0.15, 0.2) is 52.3 Å². The van der Waals surface area contributed by atoms with E-state index in [1.807, 2.05) is 5.38 Å². The molecule has 2 aromatic heterocycles. The van der Waals surface area contributed by atoms with Crippen molar-refractivity contribution in [2.75, 3.05) is 12.4 Å². The summed E-state index contributed by atoms with van der Waals surface area (Å²) in [6, 6.07) is 8.27. The van der Waals surface area contributed by atoms with E-state index in [0.29, 0.717) is 11.9 Å². The highest BCUT2D eigenvalue weighted by Crippen LogP contribution is 2.32. The molecule has 27 heavy (non-hydrogen) atoms. The molecule has 1 aliphatic rings. The summed E-state index contributed by atoms with van der Waals surface area (Å²) in [4.78, 5) is 18.9. The highest BCUT2D eigenvalue weighted by Gasteiger charge is 2.20. The largest absolute Gasteiger partial charge is 0.377 e. The van der Waals surface area contributed by atoms with Crippen molar-refractivity contribution in [2.45, 2.75) is 37.6 Å². The van der Waals surface area contributed by atoms with E-state index in [1.165, 1.54) is 16.9 Å². The number of fused-ring (bicyclic) bond motifs is 1. The van der Waals surface area contributed by atoms with E-state index in [0.717, 1.165) is 46.3 Å². The van der Waals surface area contributed by atoms with E-state index in [-0.39, 0.29) is 11.7 Å². The number of allylic oxidation sites excluding steroid dienone is 1. The number of thiophene rings is 1. The standard InChI is InChI=1S/C21H22N2O2S2/c1-3-10-23-20(24)18-17(15-8-6-14(2)7-9-15)13-26-19(18)22-21(23)27-12-16-5-4-11-25-16/h3,6-9,13,16H,1,4-5,10-12H2,2H3. The van der Waals surface area contributed by atoms with Crippen molar-refractivity contribution < 1.29 is 4.74 Å². The molecule has 0 saturated carbocycles. The molecular weight excluding hydrogens is 376 g/mol. The Morgan fingerprint density at radius 1 is 1.41 bits per heavy atom. The van der Waals surface area contributed by atoms with Gasteiger partial charge in [0.05, 0.1) is 11.5 Å². The van der Waals surface area contributed by atoms with Crippen molar-refractivity contribution in [2.24, 2.45) is 0 Å². The zero-order chi connectivity index (χ0) is 18.8. The van der Waals surface area contributed by atoms with Crippen molar-refractivity contribution in [1.82, 2.24) is 9.55 Å². The number of ether oxygens (including phenoxy) is 1. The van der Waals surface area contributed by atoms with Crippen LogP contribution in [0.2, 0.25) is 0 Å². The summed E-state index contributed by atoms with van der Waals surface area (Å²) < 4.78 is 7.45. The van der Waals surface area contributed by atoms with Gasteiger partial charge in [-0.1, -0.05) is 47.7 Å². The van der Waals surface area contributed by atoms with Gasteiger partial charge in [-0.3, -0.25) is 9.36 Å². The third-order valence-electron chi connectivity index (χ3n) is 4.76. The molecule has 0 N–H and O–H groups in total. The quantitative estimate of drug-likeness (QED) is 0.337. The maximum atomic E-state index is 13.3. The second kappa shape index (κ2) is 8.00. The number of hydrogen-bond acceptors (Lipinski definition) is 5. The molecule has 3 heterocycles. The molecule has 0 spiro atoms. The lowest BCUT2D eigenvalue weighted by Gasteiger charge is -2.13. The summed E-state index contributed by atoms with van der Waals surface area (Å²) in [6.45, 7) is 7.17. The van der Waals surface area contributed by atoms with Crippen molar-refractivity contribution in [3.8, 4) is 11.1 Å². The topological polar surface area (TPSA) is 44.1 Å². The van der Waals surface area contributed by atoms with Gasteiger partial charge in [0.1, 0.15) is 4.83 Å². The van der Waals surface area contributed by atoms with Crippen LogP contribution in [0, 0.1) is 6.92 Å². The summed E-state index contributed by atoms with van der Waals surface area (Å²) in [7, 11) is 0. The first kappa shape index (κ1) is 18.5. The molecule has 0 radical (unpaired) electrons. The van der Waals surface area contributed by atoms with Gasteiger partial charge in [-0.15, -0.1) is 17.9 Å². The van der Waals surface area contributed by atoms with E-state index in [9.17, 15) is 4.79 Å². The first-order valence-corrected chi connectivity index (χ1v) is 11.0. The Labute approximate surface area is 166 Å². The Morgan fingerprint density at radius 2 is 2.22 bits per heavy atom. The fraction of sp³-hybridized carbons (Fsp3) is 0.333. The maximum Gasteiger partial charge on any atom is 0.263 e. The lowest BCUT2D eigenvalue weighted by Crippen LogP contribution is -2.23. The maximum absolute atomic E-state index is 13.3. The lowest BCUT2D eigenvalue weighted by atomic mass is 10.1. The number of nitrogens with zero attached hydrogens (tertiary/aromatic N) is 2. The number of rotatable bonds is 6. The van der Waals surface area contributed by atoms with Crippen molar-refractivity contribution >= 4 is 33.3 Å². The molecule has 1 fully saturated rings. The van der Waals surface area contributed by atoms with Crippen molar-refractivity contribution in [1.29, 1.82) is 0 Å². The number of aryl methyl sites for hydroxylation is 1. The van der Waals surface area contributed by atoms with Gasteiger partial charge >= 0.3 is 0 Å². The molecule has 0 amide bonds. The number of thioether (sulfide) groups is 1. The van der Waals surface area contributed by atoms with Gasteiger partial charge in [0.15, 0.2) is 5.16 Å². The van der Waals surface area contributed by atoms with Crippen molar-refractivity contribution in [3.05, 3.63) is 58.2 Å². The van der Waals surface area contributed by atoms with E-state index in [4.69, 9.17) is 9.72 Å². The van der Waals surface area contributed by atoms with Gasteiger partial charge in [-0.25, -0.2) is 4.98 Å². The fourth-order valence-electron chi connectivity index (χ4n) is 3.29. The van der Waals surface area contributed by atoms with Crippen LogP contribution in [0.25, 0.3) is 21.3 Å². The minimum absolute atomic E-state index is 0.00608. The Kier molecular flexibility index (Phi) is 5.48. The predicted octanol–water partition coefficient (Wildman–Crippen LogP) is 4.89. The number of hydrogen-bond donors (Lipinski definition) is 0. The Hall–Kier alpha value is -1.89. The van der Waals surface area contributed by atoms with E-state index in [1.54, 1.807) is 22.4 Å². The molecule has 1 aliphatic heterocycles. The first-order chi connectivity index (χ1) is 13.2. The normalized spacial score (nSPS) is 16.9. The lowest BCUT2D eigenvalue weighted by molar-refractivity contribution is 0.129. The minimum atomic E-state index is 0.00608. The first-order valence-electron chi connectivity index (χ1n) is 9.11. The van der Waals surface area contributed by atoms with Crippen LogP contribution in [0.5, 0.6) is 0 Å². The molecule has 4 rings (SSSR count). The average Bonchev–Trinajstić information content (AvgIpc) is 3.33. The van der Waals surface area contributed by atoms with Crippen LogP contribution >= 0.6 is 23.1 Å². The minimum Gasteiger partial charge on any atom is -0.377 e. The average molecular weight is 399 g/mol. The molecule has 0 bridgehead atoms. The molecule has 6 heteroatoms. The Morgan fingerprint density at radius 3 is 2.93 bits per heavy atom. The Bertz CT molecular complexity index is 1020. The van der Waals surface area contributed by atoms with E-state index < -0.39 is 0 Å². The molecular formula is C21H22N2O2S2. The Balaban J connectivity index is 1.76. The van der Waals surface area contributed by atoms with Crippen molar-refractivity contribution in [3.63, 3.8) is 0 Å².